The smallest absolute Gasteiger partial charge is 0.407 e. The number of aromatic nitrogens is 1. The molecule has 2 heterocycles. The maximum atomic E-state index is 13.3. The summed E-state index contributed by atoms with van der Waals surface area (Å²) in [5, 5.41) is 16.8. The van der Waals surface area contributed by atoms with Gasteiger partial charge in [0.25, 0.3) is 5.09 Å². The van der Waals surface area contributed by atoms with Crippen molar-refractivity contribution in [2.45, 2.75) is 32.3 Å². The van der Waals surface area contributed by atoms with E-state index in [0.717, 1.165) is 16.7 Å². The maximum absolute atomic E-state index is 13.3. The fourth-order valence-electron chi connectivity index (χ4n) is 3.14. The number of anilines is 1. The zero-order valence-electron chi connectivity index (χ0n) is 18.9. The first-order valence-corrected chi connectivity index (χ1v) is 11.0. The highest BCUT2D eigenvalue weighted by Gasteiger charge is 2.26. The number of rotatable bonds is 8. The van der Waals surface area contributed by atoms with Crippen LogP contribution in [-0.4, -0.2) is 34.2 Å². The molecule has 0 aliphatic carbocycles. The van der Waals surface area contributed by atoms with Crippen LogP contribution in [0.15, 0.2) is 42.7 Å². The van der Waals surface area contributed by atoms with Crippen molar-refractivity contribution in [1.82, 2.24) is 10.3 Å². The Kier molecular flexibility index (Phi) is 7.67. The summed E-state index contributed by atoms with van der Waals surface area (Å²) in [6.07, 6.45) is 2.66. The van der Waals surface area contributed by atoms with Crippen molar-refractivity contribution in [3.05, 3.63) is 83.1 Å². The number of benzene rings is 1. The Morgan fingerprint density at radius 3 is 2.74 bits per heavy atom. The van der Waals surface area contributed by atoms with Gasteiger partial charge >= 0.3 is 6.09 Å². The van der Waals surface area contributed by atoms with Crippen LogP contribution >= 0.6 is 11.3 Å². The molecule has 2 radical (unpaired) electrons. The molecule has 2 aromatic heterocycles. The minimum Gasteiger partial charge on any atom is -0.444 e. The second-order valence-corrected chi connectivity index (χ2v) is 9.44. The Hall–Kier alpha value is -3.73. The zero-order valence-corrected chi connectivity index (χ0v) is 19.7. The summed E-state index contributed by atoms with van der Waals surface area (Å²) in [7, 11) is 0. The lowest BCUT2D eigenvalue weighted by molar-refractivity contribution is -0.744. The standard InChI is InChI=1S/C23H24N4O6S/c1-14-5-6-17(16(9-14)13-32-27(30)31)18(11-25-22(29)33-23(2,3)4)21(28)26-20-10-15-7-8-24-12-19(15)34-20/h5-10,12-13,18H,1,11H2,2-4H3,(H,25,29)(H,26,28)/t18-/m1/s1. The number of ether oxygens (including phenoxy) is 1. The lowest BCUT2D eigenvalue weighted by Crippen LogP contribution is -2.38. The molecular weight excluding hydrogens is 460 g/mol. The van der Waals surface area contributed by atoms with Crippen molar-refractivity contribution in [3.63, 3.8) is 0 Å². The number of pyridine rings is 1. The number of hydrogen-bond donors (Lipinski definition) is 2. The van der Waals surface area contributed by atoms with Crippen molar-refractivity contribution in [2.75, 3.05) is 11.9 Å². The molecule has 3 aromatic rings. The number of hydrogen-bond acceptors (Lipinski definition) is 8. The van der Waals surface area contributed by atoms with Gasteiger partial charge in [-0.3, -0.25) is 9.78 Å². The van der Waals surface area contributed by atoms with Gasteiger partial charge in [0, 0.05) is 18.9 Å². The van der Waals surface area contributed by atoms with Crippen LogP contribution in [-0.2, 0) is 14.4 Å². The third-order valence-electron chi connectivity index (χ3n) is 4.53. The van der Waals surface area contributed by atoms with Crippen LogP contribution < -0.4 is 10.6 Å². The van der Waals surface area contributed by atoms with Crippen molar-refractivity contribution >= 4 is 38.4 Å². The van der Waals surface area contributed by atoms with Crippen LogP contribution in [0.3, 0.4) is 0 Å². The highest BCUT2D eigenvalue weighted by Crippen LogP contribution is 2.31. The molecule has 0 spiro atoms. The number of carbonyl (C=O) groups is 2. The molecule has 10 nitrogen and oxygen atoms in total. The third-order valence-corrected chi connectivity index (χ3v) is 5.53. The van der Waals surface area contributed by atoms with E-state index in [0.29, 0.717) is 16.1 Å². The predicted molar refractivity (Wildman–Crippen MR) is 128 cm³/mol. The predicted octanol–water partition coefficient (Wildman–Crippen LogP) is 4.44. The molecule has 34 heavy (non-hydrogen) atoms. The van der Waals surface area contributed by atoms with Gasteiger partial charge in [-0.25, -0.2) is 4.79 Å². The van der Waals surface area contributed by atoms with E-state index in [-0.39, 0.29) is 12.1 Å². The van der Waals surface area contributed by atoms with E-state index in [1.54, 1.807) is 51.4 Å². The summed E-state index contributed by atoms with van der Waals surface area (Å²) in [4.78, 5) is 44.8. The Bertz CT molecular complexity index is 1170. The molecule has 3 rings (SSSR count). The van der Waals surface area contributed by atoms with Gasteiger partial charge in [-0.15, -0.1) is 21.5 Å². The molecule has 0 fully saturated rings. The first kappa shape index (κ1) is 24.9. The molecule has 1 aromatic carbocycles. The minimum absolute atomic E-state index is 0.122. The van der Waals surface area contributed by atoms with E-state index in [1.165, 1.54) is 11.3 Å². The van der Waals surface area contributed by atoms with Crippen LogP contribution in [0.2, 0.25) is 0 Å². The quantitative estimate of drug-likeness (QED) is 0.357. The molecule has 0 aliphatic heterocycles. The highest BCUT2D eigenvalue weighted by molar-refractivity contribution is 7.22. The van der Waals surface area contributed by atoms with Crippen LogP contribution in [0.4, 0.5) is 9.80 Å². The average Bonchev–Trinajstić information content (AvgIpc) is 3.14. The molecule has 0 aliphatic rings. The average molecular weight is 485 g/mol. The van der Waals surface area contributed by atoms with Crippen molar-refractivity contribution in [2.24, 2.45) is 0 Å². The van der Waals surface area contributed by atoms with Crippen molar-refractivity contribution in [3.8, 4) is 0 Å². The van der Waals surface area contributed by atoms with Crippen molar-refractivity contribution < 1.29 is 24.3 Å². The zero-order chi connectivity index (χ0) is 24.9. The minimum atomic E-state index is -0.960. The van der Waals surface area contributed by atoms with Crippen molar-refractivity contribution in [1.29, 1.82) is 0 Å². The molecule has 11 heteroatoms. The summed E-state index contributed by atoms with van der Waals surface area (Å²) < 4.78 is 6.17. The van der Waals surface area contributed by atoms with Gasteiger partial charge in [-0.2, -0.15) is 0 Å². The summed E-state index contributed by atoms with van der Waals surface area (Å²) in [6.45, 7) is 9.80. The summed E-state index contributed by atoms with van der Waals surface area (Å²) in [5.41, 5.74) is 0.542. The molecule has 0 saturated heterocycles. The van der Waals surface area contributed by atoms with Gasteiger partial charge < -0.3 is 20.2 Å². The van der Waals surface area contributed by atoms with E-state index < -0.39 is 28.6 Å². The number of nitrogens with one attached hydrogen (secondary N) is 2. The number of amides is 2. The molecule has 178 valence electrons. The van der Waals surface area contributed by atoms with Crippen LogP contribution in [0.1, 0.15) is 43.4 Å². The fraction of sp³-hybridized carbons (Fsp3) is 0.261. The maximum Gasteiger partial charge on any atom is 0.407 e. The molecule has 2 amide bonds. The number of nitrogens with zero attached hydrogens (tertiary/aromatic N) is 2. The van der Waals surface area contributed by atoms with E-state index >= 15 is 0 Å². The lowest BCUT2D eigenvalue weighted by atomic mass is 9.92. The number of alkyl carbamates (subject to hydrolysis) is 1. The first-order chi connectivity index (χ1) is 16.0. The Balaban J connectivity index is 1.89. The van der Waals surface area contributed by atoms with Crippen LogP contribution in [0.25, 0.3) is 10.1 Å². The van der Waals surface area contributed by atoms with Gasteiger partial charge in [-0.05, 0) is 61.9 Å². The molecule has 0 saturated carbocycles. The Morgan fingerprint density at radius 2 is 2.06 bits per heavy atom. The van der Waals surface area contributed by atoms with Gasteiger partial charge in [0.1, 0.15) is 5.60 Å². The second-order valence-electron chi connectivity index (χ2n) is 8.36. The lowest BCUT2D eigenvalue weighted by Gasteiger charge is -2.23. The van der Waals surface area contributed by atoms with Crippen LogP contribution in [0.5, 0.6) is 0 Å². The molecular formula is C23H24N4O6S. The topological polar surface area (TPSA) is 133 Å². The third kappa shape index (κ3) is 6.88. The Labute approximate surface area is 200 Å². The number of fused-ring (bicyclic) bond motifs is 1. The van der Waals surface area contributed by atoms with E-state index in [1.807, 2.05) is 12.1 Å². The van der Waals surface area contributed by atoms with E-state index in [4.69, 9.17) is 4.74 Å². The van der Waals surface area contributed by atoms with E-state index in [9.17, 15) is 19.7 Å². The Morgan fingerprint density at radius 1 is 1.29 bits per heavy atom. The second kappa shape index (κ2) is 10.5. The fourth-order valence-corrected chi connectivity index (χ4v) is 4.07. The molecule has 0 bridgehead atoms. The monoisotopic (exact) mass is 484 g/mol. The normalized spacial score (nSPS) is 12.1. The summed E-state index contributed by atoms with van der Waals surface area (Å²) >= 11 is 1.35. The number of thiophene rings is 1. The van der Waals surface area contributed by atoms with E-state index in [2.05, 4.69) is 27.4 Å². The van der Waals surface area contributed by atoms with Gasteiger partial charge in [-0.1, -0.05) is 18.2 Å². The largest absolute Gasteiger partial charge is 0.444 e. The molecule has 0 unspecified atom stereocenters. The highest BCUT2D eigenvalue weighted by atomic mass is 32.1. The van der Waals surface area contributed by atoms with Gasteiger partial charge in [0.15, 0.2) is 6.61 Å². The number of carbonyl (C=O) groups excluding carboxylic acids is 2. The molecule has 2 N–H and O–H groups in total. The first-order valence-electron chi connectivity index (χ1n) is 10.2. The SMILES string of the molecule is [CH2]c1ccc([C@@H](CNC(=O)OC(C)(C)C)C(=O)Nc2cc3ccncc3s2)c([CH]O[N+](=O)[O-])c1. The van der Waals surface area contributed by atoms with Crippen LogP contribution in [0, 0.1) is 23.6 Å². The summed E-state index contributed by atoms with van der Waals surface area (Å²) in [5.74, 6) is -1.35. The van der Waals surface area contributed by atoms with Gasteiger partial charge in [0.2, 0.25) is 5.91 Å². The van der Waals surface area contributed by atoms with Gasteiger partial charge in [0.05, 0.1) is 15.6 Å². The summed E-state index contributed by atoms with van der Waals surface area (Å²) in [6, 6.07) is 8.49. The molecule has 1 atom stereocenters.